The van der Waals surface area contributed by atoms with E-state index in [1.807, 2.05) is 0 Å². The molecule has 0 atom stereocenters. The number of carbonyl (C=O) groups is 1. The van der Waals surface area contributed by atoms with Gasteiger partial charge in [-0.3, -0.25) is 4.79 Å². The van der Waals surface area contributed by atoms with Crippen molar-refractivity contribution in [2.45, 2.75) is 36.6 Å². The van der Waals surface area contributed by atoms with Crippen molar-refractivity contribution in [3.8, 4) is 0 Å². The Hall–Kier alpha value is -2.23. The third-order valence-corrected chi connectivity index (χ3v) is 8.17. The van der Waals surface area contributed by atoms with E-state index >= 15 is 0 Å². The third-order valence-electron chi connectivity index (χ3n) is 4.35. The Labute approximate surface area is 166 Å². The number of nitrogens with one attached hydrogen (secondary N) is 1. The van der Waals surface area contributed by atoms with Crippen LogP contribution in [0, 0.1) is 0 Å². The highest BCUT2D eigenvalue weighted by molar-refractivity contribution is 7.91. The molecule has 1 N–H and O–H groups in total. The summed E-state index contributed by atoms with van der Waals surface area (Å²) in [6.45, 7) is 5.02. The van der Waals surface area contributed by atoms with Crippen LogP contribution in [0.15, 0.2) is 58.3 Å². The minimum Gasteiger partial charge on any atom is -0.321 e. The van der Waals surface area contributed by atoms with Crippen molar-refractivity contribution in [1.82, 2.24) is 4.31 Å². The molecule has 2 aromatic carbocycles. The molecule has 28 heavy (non-hydrogen) atoms. The van der Waals surface area contributed by atoms with E-state index in [-0.39, 0.29) is 32.8 Å². The highest BCUT2D eigenvalue weighted by Gasteiger charge is 2.24. The van der Waals surface area contributed by atoms with Gasteiger partial charge in [-0.15, -0.1) is 0 Å². The maximum Gasteiger partial charge on any atom is 0.255 e. The molecule has 0 bridgehead atoms. The highest BCUT2D eigenvalue weighted by atomic mass is 32.2. The molecule has 9 heteroatoms. The van der Waals surface area contributed by atoms with Gasteiger partial charge in [0.2, 0.25) is 10.0 Å². The summed E-state index contributed by atoms with van der Waals surface area (Å²) in [7, 11) is -5.80. The van der Waals surface area contributed by atoms with E-state index in [1.54, 1.807) is 26.0 Å². The van der Waals surface area contributed by atoms with Crippen LogP contribution < -0.4 is 5.32 Å². The summed E-state index contributed by atoms with van der Waals surface area (Å²) in [5, 5.41) is 2.57. The molecule has 0 saturated carbocycles. The fourth-order valence-electron chi connectivity index (χ4n) is 2.43. The molecule has 0 aromatic heterocycles. The first-order chi connectivity index (χ1) is 13.0. The van der Waals surface area contributed by atoms with Crippen LogP contribution in [0.2, 0.25) is 0 Å². The third kappa shape index (κ3) is 4.60. The number of para-hydroxylation sites is 1. The number of sulfone groups is 1. The Balaban J connectivity index is 2.39. The summed E-state index contributed by atoms with van der Waals surface area (Å²) >= 11 is 0. The highest BCUT2D eigenvalue weighted by Crippen LogP contribution is 2.23. The zero-order chi connectivity index (χ0) is 21.1. The van der Waals surface area contributed by atoms with Gasteiger partial charge in [0.25, 0.3) is 5.91 Å². The molecule has 1 amide bonds. The first kappa shape index (κ1) is 22.1. The predicted octanol–water partition coefficient (Wildman–Crippen LogP) is 2.76. The minimum atomic E-state index is -3.75. The molecule has 7 nitrogen and oxygen atoms in total. The fraction of sp³-hybridized carbons (Fsp3) is 0.316. The molecule has 0 spiro atoms. The molecule has 0 aliphatic carbocycles. The lowest BCUT2D eigenvalue weighted by atomic mass is 10.2. The van der Waals surface area contributed by atoms with Crippen molar-refractivity contribution in [3.05, 3.63) is 54.1 Å². The Morgan fingerprint density at radius 3 is 2.29 bits per heavy atom. The topological polar surface area (TPSA) is 101 Å². The fourth-order valence-corrected chi connectivity index (χ4v) is 4.90. The van der Waals surface area contributed by atoms with Gasteiger partial charge < -0.3 is 5.32 Å². The maximum absolute atomic E-state index is 12.7. The normalized spacial score (nSPS) is 12.4. The predicted molar refractivity (Wildman–Crippen MR) is 109 cm³/mol. The summed E-state index contributed by atoms with van der Waals surface area (Å²) in [4.78, 5) is 12.7. The summed E-state index contributed by atoms with van der Waals surface area (Å²) in [6.07, 6.45) is 0. The second kappa shape index (κ2) is 8.42. The van der Waals surface area contributed by atoms with Crippen LogP contribution in [0.4, 0.5) is 5.69 Å². The molecular weight excluding hydrogens is 400 g/mol. The van der Waals surface area contributed by atoms with Crippen LogP contribution >= 0.6 is 0 Å². The summed E-state index contributed by atoms with van der Waals surface area (Å²) in [5.41, 5.74) is 0.267. The number of anilines is 1. The van der Waals surface area contributed by atoms with Crippen molar-refractivity contribution in [2.75, 3.05) is 18.1 Å². The van der Waals surface area contributed by atoms with Crippen molar-refractivity contribution >= 4 is 31.5 Å². The zero-order valence-electron chi connectivity index (χ0n) is 16.2. The van der Waals surface area contributed by atoms with Crippen LogP contribution in [-0.4, -0.2) is 45.9 Å². The first-order valence-electron chi connectivity index (χ1n) is 8.72. The van der Waals surface area contributed by atoms with Gasteiger partial charge in [-0.05, 0) is 44.2 Å². The van der Waals surface area contributed by atoms with Gasteiger partial charge in [-0.2, -0.15) is 4.31 Å². The maximum atomic E-state index is 12.7. The van der Waals surface area contributed by atoms with E-state index in [0.29, 0.717) is 0 Å². The lowest BCUT2D eigenvalue weighted by molar-refractivity contribution is 0.102. The van der Waals surface area contributed by atoms with E-state index < -0.39 is 25.8 Å². The minimum absolute atomic E-state index is 0.00850. The second-order valence-electron chi connectivity index (χ2n) is 6.50. The largest absolute Gasteiger partial charge is 0.321 e. The lowest BCUT2D eigenvalue weighted by Crippen LogP contribution is -2.33. The molecule has 0 unspecified atom stereocenters. The molecule has 2 aromatic rings. The average Bonchev–Trinajstić information content (AvgIpc) is 2.67. The molecule has 0 aliphatic rings. The smallest absolute Gasteiger partial charge is 0.255 e. The van der Waals surface area contributed by atoms with Gasteiger partial charge in [0.1, 0.15) is 0 Å². The van der Waals surface area contributed by atoms with Crippen molar-refractivity contribution in [3.63, 3.8) is 0 Å². The SMILES string of the molecule is CCS(=O)(=O)c1ccccc1NC(=O)c1cccc(S(=O)(=O)N(C)C(C)C)c1. The standard InChI is InChI=1S/C19H24N2O5S2/c1-5-27(23,24)18-12-7-6-11-17(18)20-19(22)15-9-8-10-16(13-15)28(25,26)21(4)14(2)3/h6-14H,5H2,1-4H3,(H,20,22). The number of rotatable bonds is 7. The van der Waals surface area contributed by atoms with Gasteiger partial charge in [0.15, 0.2) is 9.84 Å². The van der Waals surface area contributed by atoms with E-state index in [2.05, 4.69) is 5.32 Å². The summed E-state index contributed by atoms with van der Waals surface area (Å²) in [6, 6.07) is 11.5. The molecular formula is C19H24N2O5S2. The quantitative estimate of drug-likeness (QED) is 0.737. The Kier molecular flexibility index (Phi) is 6.63. The van der Waals surface area contributed by atoms with Crippen molar-refractivity contribution < 1.29 is 21.6 Å². The Bertz CT molecular complexity index is 1080. The zero-order valence-corrected chi connectivity index (χ0v) is 17.8. The average molecular weight is 425 g/mol. The lowest BCUT2D eigenvalue weighted by Gasteiger charge is -2.21. The number of carbonyl (C=O) groups excluding carboxylic acids is 1. The molecule has 2 rings (SSSR count). The van der Waals surface area contributed by atoms with Gasteiger partial charge in [0, 0.05) is 18.7 Å². The monoisotopic (exact) mass is 424 g/mol. The van der Waals surface area contributed by atoms with Crippen LogP contribution in [0.1, 0.15) is 31.1 Å². The van der Waals surface area contributed by atoms with Crippen LogP contribution in [-0.2, 0) is 19.9 Å². The number of benzene rings is 2. The first-order valence-corrected chi connectivity index (χ1v) is 11.8. The van der Waals surface area contributed by atoms with E-state index in [9.17, 15) is 21.6 Å². The van der Waals surface area contributed by atoms with Crippen molar-refractivity contribution in [1.29, 1.82) is 0 Å². The number of amides is 1. The molecule has 0 aliphatic heterocycles. The Morgan fingerprint density at radius 1 is 1.04 bits per heavy atom. The molecule has 0 fully saturated rings. The number of hydrogen-bond donors (Lipinski definition) is 1. The Morgan fingerprint density at radius 2 is 1.68 bits per heavy atom. The van der Waals surface area contributed by atoms with Crippen LogP contribution in [0.25, 0.3) is 0 Å². The van der Waals surface area contributed by atoms with Crippen molar-refractivity contribution in [2.24, 2.45) is 0 Å². The number of sulfonamides is 1. The van der Waals surface area contributed by atoms with Crippen LogP contribution in [0.5, 0.6) is 0 Å². The molecule has 0 heterocycles. The van der Waals surface area contributed by atoms with E-state index in [0.717, 1.165) is 0 Å². The van der Waals surface area contributed by atoms with Crippen LogP contribution in [0.3, 0.4) is 0 Å². The number of nitrogens with zero attached hydrogens (tertiary/aromatic N) is 1. The van der Waals surface area contributed by atoms with Gasteiger partial charge >= 0.3 is 0 Å². The number of hydrogen-bond acceptors (Lipinski definition) is 5. The molecule has 152 valence electrons. The molecule has 0 radical (unpaired) electrons. The van der Waals surface area contributed by atoms with E-state index in [4.69, 9.17) is 0 Å². The molecule has 0 saturated heterocycles. The van der Waals surface area contributed by atoms with Gasteiger partial charge in [-0.1, -0.05) is 25.1 Å². The van der Waals surface area contributed by atoms with Gasteiger partial charge in [0.05, 0.1) is 21.2 Å². The van der Waals surface area contributed by atoms with E-state index in [1.165, 1.54) is 54.7 Å². The summed E-state index contributed by atoms with van der Waals surface area (Å²) in [5.74, 6) is -0.696. The second-order valence-corrected chi connectivity index (χ2v) is 10.7. The van der Waals surface area contributed by atoms with Gasteiger partial charge in [-0.25, -0.2) is 16.8 Å². The summed E-state index contributed by atoms with van der Waals surface area (Å²) < 4.78 is 51.0.